The molecule has 0 saturated carbocycles. The molecule has 98 valence electrons. The highest BCUT2D eigenvalue weighted by molar-refractivity contribution is 7.95. The lowest BCUT2D eigenvalue weighted by molar-refractivity contribution is 0.590. The van der Waals surface area contributed by atoms with Crippen molar-refractivity contribution in [1.82, 2.24) is 0 Å². The average Bonchev–Trinajstić information content (AvgIpc) is 2.39. The number of halogens is 1. The van der Waals surface area contributed by atoms with Gasteiger partial charge in [0, 0.05) is 17.3 Å². The zero-order valence-corrected chi connectivity index (χ0v) is 11.6. The van der Waals surface area contributed by atoms with Gasteiger partial charge in [-0.1, -0.05) is 11.6 Å². The molecule has 2 aliphatic heterocycles. The zero-order chi connectivity index (χ0) is 13.6. The molecule has 0 unspecified atom stereocenters. The third-order valence-corrected chi connectivity index (χ3v) is 5.51. The number of hydrogen-bond donors (Lipinski definition) is 0. The van der Waals surface area contributed by atoms with Crippen LogP contribution in [0.2, 0.25) is 5.02 Å². The third-order valence-electron chi connectivity index (χ3n) is 3.51. The van der Waals surface area contributed by atoms with Gasteiger partial charge in [0.05, 0.1) is 10.6 Å². The van der Waals surface area contributed by atoms with Crippen molar-refractivity contribution < 1.29 is 8.42 Å². The second-order valence-electron chi connectivity index (χ2n) is 4.61. The largest absolute Gasteiger partial charge is 0.342 e. The van der Waals surface area contributed by atoms with Crippen molar-refractivity contribution in [2.24, 2.45) is 0 Å². The summed E-state index contributed by atoms with van der Waals surface area (Å²) in [6, 6.07) is 6.68. The zero-order valence-electron chi connectivity index (χ0n) is 10.1. The van der Waals surface area contributed by atoms with Crippen molar-refractivity contribution in [2.45, 2.75) is 24.2 Å². The number of nitriles is 1. The summed E-state index contributed by atoms with van der Waals surface area (Å²) < 4.78 is 25.0. The molecule has 0 N–H and O–H groups in total. The van der Waals surface area contributed by atoms with Crippen LogP contribution in [0.1, 0.15) is 19.3 Å². The topological polar surface area (TPSA) is 61.2 Å². The van der Waals surface area contributed by atoms with Crippen LogP contribution in [0.5, 0.6) is 0 Å². The predicted molar refractivity (Wildman–Crippen MR) is 72.5 cm³/mol. The van der Waals surface area contributed by atoms with E-state index in [0.717, 1.165) is 19.4 Å². The summed E-state index contributed by atoms with van der Waals surface area (Å²) in [5.74, 6) is 0. The Kier molecular flexibility index (Phi) is 2.80. The Morgan fingerprint density at radius 3 is 2.84 bits per heavy atom. The summed E-state index contributed by atoms with van der Waals surface area (Å²) in [6.45, 7) is 0.741. The van der Waals surface area contributed by atoms with Gasteiger partial charge in [-0.15, -0.1) is 0 Å². The maximum absolute atomic E-state index is 12.5. The van der Waals surface area contributed by atoms with Gasteiger partial charge >= 0.3 is 0 Å². The molecule has 0 spiro atoms. The maximum Gasteiger partial charge on any atom is 0.220 e. The molecule has 2 heterocycles. The molecular weight excluding hydrogens is 284 g/mol. The number of anilines is 1. The van der Waals surface area contributed by atoms with Crippen LogP contribution in [0.4, 0.5) is 5.69 Å². The summed E-state index contributed by atoms with van der Waals surface area (Å²) in [4.78, 5) is 1.96. The minimum Gasteiger partial charge on any atom is -0.342 e. The van der Waals surface area contributed by atoms with Crippen LogP contribution in [0, 0.1) is 11.3 Å². The number of benzene rings is 1. The first kappa shape index (κ1) is 12.5. The van der Waals surface area contributed by atoms with Gasteiger partial charge in [0.2, 0.25) is 9.84 Å². The third kappa shape index (κ3) is 1.75. The Bertz CT molecular complexity index is 732. The number of piperidine rings is 1. The van der Waals surface area contributed by atoms with E-state index in [9.17, 15) is 13.7 Å². The first-order valence-corrected chi connectivity index (χ1v) is 7.87. The van der Waals surface area contributed by atoms with Crippen molar-refractivity contribution >= 4 is 27.1 Å². The molecular formula is C13H11ClN2O2S. The fourth-order valence-corrected chi connectivity index (χ4v) is 4.49. The van der Waals surface area contributed by atoms with Crippen LogP contribution < -0.4 is 4.90 Å². The van der Waals surface area contributed by atoms with Gasteiger partial charge in [-0.25, -0.2) is 8.42 Å². The summed E-state index contributed by atoms with van der Waals surface area (Å²) >= 11 is 5.89. The van der Waals surface area contributed by atoms with Crippen molar-refractivity contribution in [3.63, 3.8) is 0 Å². The quantitative estimate of drug-likeness (QED) is 0.738. The van der Waals surface area contributed by atoms with Gasteiger partial charge in [-0.2, -0.15) is 5.26 Å². The molecule has 0 amide bonds. The SMILES string of the molecule is N#CC1=C2CCCCN2c2ccc(Cl)cc2S1(=O)=O. The lowest BCUT2D eigenvalue weighted by Crippen LogP contribution is -2.34. The minimum atomic E-state index is -3.73. The van der Waals surface area contributed by atoms with E-state index in [4.69, 9.17) is 11.6 Å². The molecule has 19 heavy (non-hydrogen) atoms. The molecule has 1 saturated heterocycles. The molecule has 1 aromatic carbocycles. The van der Waals surface area contributed by atoms with Crippen LogP contribution in [-0.2, 0) is 9.84 Å². The van der Waals surface area contributed by atoms with Crippen molar-refractivity contribution in [3.05, 3.63) is 33.8 Å². The highest BCUT2D eigenvalue weighted by atomic mass is 35.5. The highest BCUT2D eigenvalue weighted by Gasteiger charge is 2.37. The highest BCUT2D eigenvalue weighted by Crippen LogP contribution is 2.42. The number of fused-ring (bicyclic) bond motifs is 3. The Hall–Kier alpha value is -1.51. The number of sulfone groups is 1. The van der Waals surface area contributed by atoms with Crippen LogP contribution in [0.3, 0.4) is 0 Å². The fourth-order valence-electron chi connectivity index (χ4n) is 2.65. The second-order valence-corrected chi connectivity index (χ2v) is 6.90. The molecule has 1 aromatic rings. The minimum absolute atomic E-state index is 0.123. The van der Waals surface area contributed by atoms with E-state index in [0.29, 0.717) is 22.8 Å². The van der Waals surface area contributed by atoms with E-state index in [1.54, 1.807) is 12.1 Å². The Labute approximate surface area is 116 Å². The summed E-state index contributed by atoms with van der Waals surface area (Å²) in [6.07, 6.45) is 2.53. The molecule has 1 fully saturated rings. The van der Waals surface area contributed by atoms with Gasteiger partial charge in [0.15, 0.2) is 4.91 Å². The number of hydrogen-bond acceptors (Lipinski definition) is 4. The molecule has 4 nitrogen and oxygen atoms in total. The van der Waals surface area contributed by atoms with Gasteiger partial charge in [-0.3, -0.25) is 0 Å². The molecule has 0 aliphatic carbocycles. The Morgan fingerprint density at radius 2 is 2.11 bits per heavy atom. The molecule has 3 rings (SSSR count). The van der Waals surface area contributed by atoms with E-state index in [1.165, 1.54) is 6.07 Å². The molecule has 0 aromatic heterocycles. The lowest BCUT2D eigenvalue weighted by atomic mass is 10.1. The predicted octanol–water partition coefficient (Wildman–Crippen LogP) is 2.85. The van der Waals surface area contributed by atoms with Gasteiger partial charge in [0.25, 0.3) is 0 Å². The van der Waals surface area contributed by atoms with E-state index in [-0.39, 0.29) is 9.80 Å². The molecule has 0 radical (unpaired) electrons. The summed E-state index contributed by atoms with van der Waals surface area (Å²) in [5.41, 5.74) is 1.27. The normalized spacial score (nSPS) is 20.5. The fraction of sp³-hybridized carbons (Fsp3) is 0.308. The van der Waals surface area contributed by atoms with Crippen LogP contribution in [0.25, 0.3) is 0 Å². The van der Waals surface area contributed by atoms with Gasteiger partial charge < -0.3 is 4.90 Å². The van der Waals surface area contributed by atoms with Crippen LogP contribution >= 0.6 is 11.6 Å². The first-order valence-electron chi connectivity index (χ1n) is 6.01. The van der Waals surface area contributed by atoms with Crippen LogP contribution in [-0.4, -0.2) is 15.0 Å². The molecule has 0 bridgehead atoms. The van der Waals surface area contributed by atoms with Crippen LogP contribution in [0.15, 0.2) is 33.7 Å². The molecule has 0 atom stereocenters. The Morgan fingerprint density at radius 1 is 1.32 bits per heavy atom. The van der Waals surface area contributed by atoms with E-state index >= 15 is 0 Å². The average molecular weight is 295 g/mol. The summed E-state index contributed by atoms with van der Waals surface area (Å²) in [5, 5.41) is 9.57. The number of allylic oxidation sites excluding steroid dienone is 2. The number of nitrogens with zero attached hydrogens (tertiary/aromatic N) is 2. The summed E-state index contributed by atoms with van der Waals surface area (Å²) in [7, 11) is -3.73. The Balaban J connectivity index is 2.35. The van der Waals surface area contributed by atoms with Crippen molar-refractivity contribution in [2.75, 3.05) is 11.4 Å². The monoisotopic (exact) mass is 294 g/mol. The van der Waals surface area contributed by atoms with Gasteiger partial charge in [0.1, 0.15) is 6.07 Å². The smallest absolute Gasteiger partial charge is 0.220 e. The van der Waals surface area contributed by atoms with Crippen molar-refractivity contribution in [3.8, 4) is 6.07 Å². The molecule has 2 aliphatic rings. The maximum atomic E-state index is 12.5. The molecule has 6 heteroatoms. The first-order chi connectivity index (χ1) is 9.05. The van der Waals surface area contributed by atoms with Gasteiger partial charge in [-0.05, 0) is 37.5 Å². The standard InChI is InChI=1S/C13H11ClN2O2S/c14-9-4-5-11-12(7-9)19(17,18)13(8-15)10-3-1-2-6-16(10)11/h4-5,7H,1-3,6H2. The van der Waals surface area contributed by atoms with Crippen molar-refractivity contribution in [1.29, 1.82) is 5.26 Å². The van der Waals surface area contributed by atoms with E-state index in [1.807, 2.05) is 11.0 Å². The van der Waals surface area contributed by atoms with E-state index < -0.39 is 9.84 Å². The second kappa shape index (κ2) is 4.26. The number of rotatable bonds is 0. The lowest BCUT2D eigenvalue weighted by Gasteiger charge is -2.36. The van der Waals surface area contributed by atoms with E-state index in [2.05, 4.69) is 0 Å².